The summed E-state index contributed by atoms with van der Waals surface area (Å²) < 4.78 is 0. The normalized spacial score (nSPS) is 11.5. The highest BCUT2D eigenvalue weighted by Gasteiger charge is 2.12. The van der Waals surface area contributed by atoms with E-state index in [1.165, 1.54) is 116 Å². The fraction of sp³-hybridized carbons (Fsp3) is 1.00. The maximum atomic E-state index is 3.66. The molecule has 0 aromatic carbocycles. The Balaban J connectivity index is 0. The van der Waals surface area contributed by atoms with Crippen LogP contribution in [0.4, 0.5) is 0 Å². The molecule has 2 heteroatoms. The van der Waals surface area contributed by atoms with E-state index in [0.29, 0.717) is 5.54 Å². The van der Waals surface area contributed by atoms with Crippen LogP contribution in [0.1, 0.15) is 137 Å². The van der Waals surface area contributed by atoms with Gasteiger partial charge in [-0.2, -0.15) is 0 Å². The maximum Gasteiger partial charge on any atom is 0.0122 e. The third-order valence-corrected chi connectivity index (χ3v) is 5.52. The molecule has 0 bridgehead atoms. The second-order valence-electron chi connectivity index (χ2n) is 8.47. The van der Waals surface area contributed by atoms with Gasteiger partial charge < -0.3 is 5.32 Å². The van der Waals surface area contributed by atoms with Crippen molar-refractivity contribution in [3.8, 4) is 0 Å². The summed E-state index contributed by atoms with van der Waals surface area (Å²) in [6, 6.07) is 0. The van der Waals surface area contributed by atoms with E-state index in [1.54, 1.807) is 0 Å². The molecular formula is C23H50ClN. The molecule has 1 nitrogen and oxygen atoms in total. The first kappa shape index (κ1) is 27.5. The summed E-state index contributed by atoms with van der Waals surface area (Å²) in [5, 5.41) is 3.66. The summed E-state index contributed by atoms with van der Waals surface area (Å²) in [5.41, 5.74) is 0.329. The van der Waals surface area contributed by atoms with Crippen LogP contribution in [0, 0.1) is 0 Å². The molecule has 0 rings (SSSR count). The van der Waals surface area contributed by atoms with Crippen molar-refractivity contribution in [3.63, 3.8) is 0 Å². The molecule has 0 amide bonds. The fourth-order valence-corrected chi connectivity index (χ4v) is 3.22. The van der Waals surface area contributed by atoms with Crippen molar-refractivity contribution < 1.29 is 0 Å². The summed E-state index contributed by atoms with van der Waals surface area (Å²) in [6.07, 6.45) is 24.4. The Hall–Kier alpha value is 0.250. The molecule has 0 spiro atoms. The average molecular weight is 376 g/mol. The smallest absolute Gasteiger partial charge is 0.0122 e. The van der Waals surface area contributed by atoms with Crippen molar-refractivity contribution in [2.75, 3.05) is 6.54 Å². The van der Waals surface area contributed by atoms with Crippen molar-refractivity contribution in [2.45, 2.75) is 142 Å². The van der Waals surface area contributed by atoms with Gasteiger partial charge in [-0.15, -0.1) is 12.4 Å². The Kier molecular flexibility index (Phi) is 22.6. The van der Waals surface area contributed by atoms with Gasteiger partial charge in [-0.05, 0) is 33.2 Å². The summed E-state index contributed by atoms with van der Waals surface area (Å²) >= 11 is 0. The number of unbranched alkanes of at least 4 members (excludes halogenated alkanes) is 15. The SMILES string of the molecule is CCCCCCCCCCCCCCCCCCNC(C)(C)CC.Cl. The van der Waals surface area contributed by atoms with E-state index < -0.39 is 0 Å². The Morgan fingerprint density at radius 1 is 0.520 bits per heavy atom. The highest BCUT2D eigenvalue weighted by molar-refractivity contribution is 5.85. The number of halogens is 1. The summed E-state index contributed by atoms with van der Waals surface area (Å²) in [5.74, 6) is 0. The molecule has 0 saturated carbocycles. The molecule has 0 fully saturated rings. The molecule has 0 aliphatic carbocycles. The van der Waals surface area contributed by atoms with Crippen LogP contribution in [0.3, 0.4) is 0 Å². The molecule has 154 valence electrons. The van der Waals surface area contributed by atoms with E-state index in [9.17, 15) is 0 Å². The quantitative estimate of drug-likeness (QED) is 0.223. The van der Waals surface area contributed by atoms with Gasteiger partial charge in [0.2, 0.25) is 0 Å². The van der Waals surface area contributed by atoms with Crippen LogP contribution in [0.2, 0.25) is 0 Å². The first-order chi connectivity index (χ1) is 11.6. The van der Waals surface area contributed by atoms with Crippen LogP contribution in [-0.2, 0) is 0 Å². The molecule has 0 radical (unpaired) electrons. The lowest BCUT2D eigenvalue weighted by molar-refractivity contribution is 0.370. The lowest BCUT2D eigenvalue weighted by Crippen LogP contribution is -2.38. The largest absolute Gasteiger partial charge is 0.312 e. The van der Waals surface area contributed by atoms with Gasteiger partial charge in [0.05, 0.1) is 0 Å². The number of nitrogens with one attached hydrogen (secondary N) is 1. The lowest BCUT2D eigenvalue weighted by atomic mass is 10.0. The van der Waals surface area contributed by atoms with Gasteiger partial charge in [-0.3, -0.25) is 0 Å². The minimum absolute atomic E-state index is 0. The Labute approximate surface area is 166 Å². The number of rotatable bonds is 19. The van der Waals surface area contributed by atoms with Crippen LogP contribution in [-0.4, -0.2) is 12.1 Å². The number of hydrogen-bond donors (Lipinski definition) is 1. The zero-order chi connectivity index (χ0) is 17.9. The van der Waals surface area contributed by atoms with Gasteiger partial charge in [0.1, 0.15) is 0 Å². The molecule has 0 heterocycles. The van der Waals surface area contributed by atoms with Crippen molar-refractivity contribution in [1.29, 1.82) is 0 Å². The average Bonchev–Trinajstić information content (AvgIpc) is 2.57. The van der Waals surface area contributed by atoms with E-state index >= 15 is 0 Å². The van der Waals surface area contributed by atoms with Gasteiger partial charge in [0, 0.05) is 5.54 Å². The van der Waals surface area contributed by atoms with E-state index in [-0.39, 0.29) is 12.4 Å². The van der Waals surface area contributed by atoms with Crippen LogP contribution in [0.5, 0.6) is 0 Å². The molecule has 0 atom stereocenters. The second-order valence-corrected chi connectivity index (χ2v) is 8.47. The lowest BCUT2D eigenvalue weighted by Gasteiger charge is -2.24. The standard InChI is InChI=1S/C23H49N.ClH/c1-5-7-8-9-10-11-12-13-14-15-16-17-18-19-20-21-22-24-23(3,4)6-2;/h24H,5-22H2,1-4H3;1H. The monoisotopic (exact) mass is 375 g/mol. The van der Waals surface area contributed by atoms with E-state index in [4.69, 9.17) is 0 Å². The Morgan fingerprint density at radius 3 is 1.16 bits per heavy atom. The van der Waals surface area contributed by atoms with Crippen LogP contribution < -0.4 is 5.32 Å². The second kappa shape index (κ2) is 20.6. The molecule has 0 aliphatic rings. The molecule has 0 aromatic rings. The van der Waals surface area contributed by atoms with E-state index in [1.807, 2.05) is 0 Å². The predicted molar refractivity (Wildman–Crippen MR) is 119 cm³/mol. The predicted octanol–water partition coefficient (Wildman–Crippen LogP) is 8.45. The van der Waals surface area contributed by atoms with Crippen molar-refractivity contribution >= 4 is 12.4 Å². The first-order valence-electron chi connectivity index (χ1n) is 11.4. The number of hydrogen-bond acceptors (Lipinski definition) is 1. The topological polar surface area (TPSA) is 12.0 Å². The van der Waals surface area contributed by atoms with Crippen molar-refractivity contribution in [3.05, 3.63) is 0 Å². The maximum absolute atomic E-state index is 3.66. The molecule has 25 heavy (non-hydrogen) atoms. The molecular weight excluding hydrogens is 326 g/mol. The highest BCUT2D eigenvalue weighted by atomic mass is 35.5. The minimum atomic E-state index is 0. The molecule has 0 saturated heterocycles. The molecule has 0 unspecified atom stereocenters. The zero-order valence-electron chi connectivity index (χ0n) is 18.1. The summed E-state index contributed by atoms with van der Waals surface area (Å²) in [6.45, 7) is 10.4. The third kappa shape index (κ3) is 22.2. The zero-order valence-corrected chi connectivity index (χ0v) is 19.0. The van der Waals surface area contributed by atoms with Gasteiger partial charge in [0.15, 0.2) is 0 Å². The molecule has 1 N–H and O–H groups in total. The van der Waals surface area contributed by atoms with Crippen LogP contribution in [0.15, 0.2) is 0 Å². The van der Waals surface area contributed by atoms with Gasteiger partial charge in [0.25, 0.3) is 0 Å². The molecule has 0 aliphatic heterocycles. The van der Waals surface area contributed by atoms with Gasteiger partial charge in [-0.1, -0.05) is 110 Å². The molecule has 0 aromatic heterocycles. The Morgan fingerprint density at radius 2 is 0.840 bits per heavy atom. The summed E-state index contributed by atoms with van der Waals surface area (Å²) in [4.78, 5) is 0. The van der Waals surface area contributed by atoms with Crippen molar-refractivity contribution in [2.24, 2.45) is 0 Å². The first-order valence-corrected chi connectivity index (χ1v) is 11.4. The van der Waals surface area contributed by atoms with Crippen LogP contribution >= 0.6 is 12.4 Å². The summed E-state index contributed by atoms with van der Waals surface area (Å²) in [7, 11) is 0. The Bertz CT molecular complexity index is 240. The minimum Gasteiger partial charge on any atom is -0.312 e. The fourth-order valence-electron chi connectivity index (χ4n) is 3.22. The van der Waals surface area contributed by atoms with E-state index in [2.05, 4.69) is 33.0 Å². The van der Waals surface area contributed by atoms with E-state index in [0.717, 1.165) is 0 Å². The highest BCUT2D eigenvalue weighted by Crippen LogP contribution is 2.14. The van der Waals surface area contributed by atoms with Gasteiger partial charge >= 0.3 is 0 Å². The third-order valence-electron chi connectivity index (χ3n) is 5.52. The van der Waals surface area contributed by atoms with Crippen molar-refractivity contribution in [1.82, 2.24) is 5.32 Å². The van der Waals surface area contributed by atoms with Crippen LogP contribution in [0.25, 0.3) is 0 Å². The van der Waals surface area contributed by atoms with Gasteiger partial charge in [-0.25, -0.2) is 0 Å².